The molecule has 3 fully saturated rings. The van der Waals surface area contributed by atoms with E-state index in [1.807, 2.05) is 18.2 Å². The number of hydrogen-bond acceptors (Lipinski definition) is 9. The van der Waals surface area contributed by atoms with E-state index in [1.54, 1.807) is 30.3 Å². The number of carbonyl (C=O) groups is 1. The van der Waals surface area contributed by atoms with Gasteiger partial charge in [0.25, 0.3) is 15.9 Å². The maximum absolute atomic E-state index is 13.2. The van der Waals surface area contributed by atoms with Gasteiger partial charge in [-0.05, 0) is 92.0 Å². The number of halogens is 2. The lowest BCUT2D eigenvalue weighted by Gasteiger charge is -2.38. The van der Waals surface area contributed by atoms with Gasteiger partial charge in [0.1, 0.15) is 11.5 Å². The lowest BCUT2D eigenvalue weighted by Crippen LogP contribution is -2.45. The second kappa shape index (κ2) is 13.2. The molecule has 2 saturated heterocycles. The summed E-state index contributed by atoms with van der Waals surface area (Å²) in [7, 11) is -4.04. The van der Waals surface area contributed by atoms with Gasteiger partial charge in [0.05, 0.1) is 37.9 Å². The minimum atomic E-state index is -4.04. The van der Waals surface area contributed by atoms with Gasteiger partial charge in [0.2, 0.25) is 0 Å². The quantitative estimate of drug-likeness (QED) is 0.158. The first-order valence-corrected chi connectivity index (χ1v) is 20.3. The molecule has 2 bridgehead atoms. The SMILES string of the molecule is CC(C)(C)c1ccc(S(=O)(=O)NC(=O)c2ccc3nc(N4C5CCC4CC(OCc4c(-c6c(Cl)cccc6Cl)noc4C4CC4)C5)sc3c2)cc1. The van der Waals surface area contributed by atoms with E-state index in [4.69, 9.17) is 37.4 Å². The summed E-state index contributed by atoms with van der Waals surface area (Å²) in [6, 6.07) is 17.7. The smallest absolute Gasteiger partial charge is 0.265 e. The second-order valence-electron chi connectivity index (χ2n) is 14.8. The molecule has 266 valence electrons. The van der Waals surface area contributed by atoms with E-state index in [0.717, 1.165) is 70.8 Å². The number of carbonyl (C=O) groups excluding carboxylic acids is 1. The van der Waals surface area contributed by atoms with Crippen LogP contribution in [0.15, 0.2) is 70.1 Å². The molecule has 13 heteroatoms. The highest BCUT2D eigenvalue weighted by atomic mass is 35.5. The molecule has 51 heavy (non-hydrogen) atoms. The summed E-state index contributed by atoms with van der Waals surface area (Å²) in [5.74, 6) is 0.545. The van der Waals surface area contributed by atoms with E-state index in [1.165, 1.54) is 23.5 Å². The minimum absolute atomic E-state index is 0.0445. The molecule has 2 atom stereocenters. The van der Waals surface area contributed by atoms with Crippen molar-refractivity contribution in [3.63, 3.8) is 0 Å². The van der Waals surface area contributed by atoms with Crippen molar-refractivity contribution in [3.8, 4) is 11.3 Å². The molecular formula is C38H38Cl2N4O5S2. The number of rotatable bonds is 9. The monoisotopic (exact) mass is 764 g/mol. The molecule has 1 amide bonds. The average molecular weight is 766 g/mol. The predicted octanol–water partition coefficient (Wildman–Crippen LogP) is 9.27. The van der Waals surface area contributed by atoms with Crippen LogP contribution in [0.1, 0.15) is 92.5 Å². The topological polar surface area (TPSA) is 115 Å². The van der Waals surface area contributed by atoms with Crippen molar-refractivity contribution in [1.82, 2.24) is 14.9 Å². The number of ether oxygens (including phenoxy) is 1. The molecule has 9 nitrogen and oxygen atoms in total. The molecule has 3 aliphatic rings. The Bertz CT molecular complexity index is 2210. The van der Waals surface area contributed by atoms with Crippen LogP contribution in [0.5, 0.6) is 0 Å². The number of aromatic nitrogens is 2. The number of nitrogens with one attached hydrogen (secondary N) is 1. The molecule has 2 unspecified atom stereocenters. The molecule has 8 rings (SSSR count). The summed E-state index contributed by atoms with van der Waals surface area (Å²) in [4.78, 5) is 20.6. The summed E-state index contributed by atoms with van der Waals surface area (Å²) in [5.41, 5.74) is 4.19. The lowest BCUT2D eigenvalue weighted by molar-refractivity contribution is 0.0147. The van der Waals surface area contributed by atoms with E-state index in [9.17, 15) is 13.2 Å². The van der Waals surface area contributed by atoms with Crippen LogP contribution >= 0.6 is 34.5 Å². The highest BCUT2D eigenvalue weighted by Crippen LogP contribution is 2.47. The van der Waals surface area contributed by atoms with Crippen LogP contribution in [0, 0.1) is 0 Å². The van der Waals surface area contributed by atoms with Crippen molar-refractivity contribution < 1.29 is 22.5 Å². The number of sulfonamides is 1. The van der Waals surface area contributed by atoms with Crippen LogP contribution in [0.2, 0.25) is 10.0 Å². The molecule has 3 aromatic carbocycles. The standard InChI is InChI=1S/C38H38Cl2N4O5S2/c1-38(2,3)23-10-14-27(15-11-23)51(46,47)43-36(45)22-9-16-31-32(17-22)50-37(41-31)44-24-12-13-25(44)19-26(18-24)48-20-28-34(42-49-35(28)21-7-8-21)33-29(39)5-4-6-30(33)40/h4-6,9-11,14-17,21,24-26H,7-8,12-13,18-20H2,1-3H3,(H,43,45). The fourth-order valence-corrected chi connectivity index (χ4v) is 10.1. The largest absolute Gasteiger partial charge is 0.373 e. The van der Waals surface area contributed by atoms with Gasteiger partial charge in [-0.15, -0.1) is 0 Å². The molecule has 4 heterocycles. The molecule has 2 aliphatic heterocycles. The number of fused-ring (bicyclic) bond motifs is 3. The van der Waals surface area contributed by atoms with Crippen LogP contribution < -0.4 is 9.62 Å². The third-order valence-electron chi connectivity index (χ3n) is 10.2. The molecule has 1 aliphatic carbocycles. The Balaban J connectivity index is 0.951. The number of nitrogens with zero attached hydrogens (tertiary/aromatic N) is 3. The Labute approximate surface area is 311 Å². The second-order valence-corrected chi connectivity index (χ2v) is 18.3. The third-order valence-corrected chi connectivity index (χ3v) is 13.2. The first-order chi connectivity index (χ1) is 24.4. The Kier molecular flexibility index (Phi) is 8.94. The van der Waals surface area contributed by atoms with Crippen molar-refractivity contribution in [2.45, 2.75) is 100 Å². The van der Waals surface area contributed by atoms with Gasteiger partial charge >= 0.3 is 0 Å². The number of hydrogen-bond donors (Lipinski definition) is 1. The summed E-state index contributed by atoms with van der Waals surface area (Å²) < 4.78 is 41.6. The van der Waals surface area contributed by atoms with E-state index >= 15 is 0 Å². The van der Waals surface area contributed by atoms with Gasteiger partial charge in [-0.3, -0.25) is 4.79 Å². The van der Waals surface area contributed by atoms with Crippen LogP contribution in [-0.2, 0) is 26.8 Å². The first-order valence-electron chi connectivity index (χ1n) is 17.3. The van der Waals surface area contributed by atoms with Crippen LogP contribution in [-0.4, -0.2) is 42.7 Å². The minimum Gasteiger partial charge on any atom is -0.373 e. The third kappa shape index (κ3) is 6.79. The predicted molar refractivity (Wildman–Crippen MR) is 200 cm³/mol. The van der Waals surface area contributed by atoms with Crippen molar-refractivity contribution >= 4 is 65.8 Å². The Morgan fingerprint density at radius 1 is 1.00 bits per heavy atom. The summed E-state index contributed by atoms with van der Waals surface area (Å²) >= 11 is 14.7. The van der Waals surface area contributed by atoms with E-state index in [-0.39, 0.29) is 34.1 Å². The fourth-order valence-electron chi connectivity index (χ4n) is 7.36. The first kappa shape index (κ1) is 34.6. The Morgan fingerprint density at radius 3 is 2.33 bits per heavy atom. The highest BCUT2D eigenvalue weighted by molar-refractivity contribution is 7.90. The van der Waals surface area contributed by atoms with E-state index in [0.29, 0.717) is 33.8 Å². The Hall–Kier alpha value is -3.48. The molecular weight excluding hydrogens is 727 g/mol. The van der Waals surface area contributed by atoms with E-state index in [2.05, 4.69) is 35.5 Å². The zero-order valence-corrected chi connectivity index (χ0v) is 31.6. The molecule has 0 radical (unpaired) electrons. The maximum Gasteiger partial charge on any atom is 0.265 e. The van der Waals surface area contributed by atoms with Crippen molar-refractivity contribution in [3.05, 3.63) is 93.2 Å². The zero-order valence-electron chi connectivity index (χ0n) is 28.5. The zero-order chi connectivity index (χ0) is 35.7. The molecule has 1 saturated carbocycles. The van der Waals surface area contributed by atoms with Crippen molar-refractivity contribution in [2.75, 3.05) is 4.90 Å². The van der Waals surface area contributed by atoms with Gasteiger partial charge < -0.3 is 14.2 Å². The molecule has 0 spiro atoms. The summed E-state index contributed by atoms with van der Waals surface area (Å²) in [6.07, 6.45) is 6.02. The summed E-state index contributed by atoms with van der Waals surface area (Å²) in [5, 5.41) is 6.38. The lowest BCUT2D eigenvalue weighted by atomic mass is 9.87. The number of amides is 1. The van der Waals surface area contributed by atoms with Crippen LogP contribution in [0.25, 0.3) is 21.5 Å². The molecule has 1 N–H and O–H groups in total. The fraction of sp³-hybridized carbons (Fsp3) is 0.395. The summed E-state index contributed by atoms with van der Waals surface area (Å²) in [6.45, 7) is 6.55. The van der Waals surface area contributed by atoms with Gasteiger partial charge in [0, 0.05) is 34.7 Å². The normalized spacial score (nSPS) is 20.6. The molecule has 2 aromatic heterocycles. The van der Waals surface area contributed by atoms with Crippen molar-refractivity contribution in [2.24, 2.45) is 0 Å². The number of benzene rings is 3. The highest BCUT2D eigenvalue weighted by Gasteiger charge is 2.43. The number of piperidine rings is 1. The Morgan fingerprint density at radius 2 is 1.69 bits per heavy atom. The van der Waals surface area contributed by atoms with Crippen molar-refractivity contribution in [1.29, 1.82) is 0 Å². The van der Waals surface area contributed by atoms with Gasteiger partial charge in [0.15, 0.2) is 5.13 Å². The van der Waals surface area contributed by atoms with Gasteiger partial charge in [-0.1, -0.05) is 78.7 Å². The number of thiazole rings is 1. The van der Waals surface area contributed by atoms with Gasteiger partial charge in [-0.25, -0.2) is 18.1 Å². The number of anilines is 1. The molecule has 5 aromatic rings. The maximum atomic E-state index is 13.2. The average Bonchev–Trinajstić information content (AvgIpc) is 3.61. The van der Waals surface area contributed by atoms with Crippen LogP contribution in [0.3, 0.4) is 0 Å². The van der Waals surface area contributed by atoms with Gasteiger partial charge in [-0.2, -0.15) is 0 Å². The van der Waals surface area contributed by atoms with Crippen LogP contribution in [0.4, 0.5) is 5.13 Å². The van der Waals surface area contributed by atoms with E-state index < -0.39 is 15.9 Å².